The van der Waals surface area contributed by atoms with E-state index in [-0.39, 0.29) is 0 Å². The fourth-order valence-electron chi connectivity index (χ4n) is 1.29. The molecule has 72 valence electrons. The molecule has 2 aromatic heterocycles. The molecule has 0 N–H and O–H groups in total. The summed E-state index contributed by atoms with van der Waals surface area (Å²) in [5.74, 6) is 1.01. The van der Waals surface area contributed by atoms with Gasteiger partial charge in [0.1, 0.15) is 10.4 Å². The Bertz CT molecular complexity index is 436. The van der Waals surface area contributed by atoms with Crippen LogP contribution >= 0.6 is 15.9 Å². The summed E-state index contributed by atoms with van der Waals surface area (Å²) in [5, 5.41) is 0. The Morgan fingerprint density at radius 1 is 1.36 bits per heavy atom. The van der Waals surface area contributed by atoms with Gasteiger partial charge in [0.2, 0.25) is 0 Å². The van der Waals surface area contributed by atoms with E-state index in [4.69, 9.17) is 0 Å². The monoisotopic (exact) mass is 251 g/mol. The molecule has 0 saturated heterocycles. The van der Waals surface area contributed by atoms with Crippen molar-refractivity contribution in [2.24, 2.45) is 0 Å². The fraction of sp³-hybridized carbons (Fsp3) is 0.200. The van der Waals surface area contributed by atoms with Crippen LogP contribution in [0.25, 0.3) is 0 Å². The van der Waals surface area contributed by atoms with Gasteiger partial charge in [-0.2, -0.15) is 0 Å². The summed E-state index contributed by atoms with van der Waals surface area (Å²) in [4.78, 5) is 8.34. The van der Waals surface area contributed by atoms with Crippen molar-refractivity contribution >= 4 is 15.9 Å². The second-order valence-electron chi connectivity index (χ2n) is 3.06. The molecule has 2 aromatic rings. The van der Waals surface area contributed by atoms with Gasteiger partial charge >= 0.3 is 0 Å². The number of hydrogen-bond acceptors (Lipinski definition) is 2. The molecular weight excluding hydrogens is 242 g/mol. The van der Waals surface area contributed by atoms with E-state index < -0.39 is 0 Å². The van der Waals surface area contributed by atoms with Gasteiger partial charge in [0.15, 0.2) is 0 Å². The largest absolute Gasteiger partial charge is 0.331 e. The summed E-state index contributed by atoms with van der Waals surface area (Å²) in [6, 6.07) is 3.99. The van der Waals surface area contributed by atoms with Crippen molar-refractivity contribution in [3.8, 4) is 0 Å². The first-order valence-electron chi connectivity index (χ1n) is 4.34. The van der Waals surface area contributed by atoms with Crippen molar-refractivity contribution in [2.45, 2.75) is 13.5 Å². The van der Waals surface area contributed by atoms with Gasteiger partial charge in [0.25, 0.3) is 0 Å². The molecule has 0 amide bonds. The van der Waals surface area contributed by atoms with Crippen molar-refractivity contribution < 1.29 is 0 Å². The average Bonchev–Trinajstić information content (AvgIpc) is 2.56. The van der Waals surface area contributed by atoms with Crippen LogP contribution in [0, 0.1) is 6.92 Å². The Hall–Kier alpha value is -1.16. The van der Waals surface area contributed by atoms with Gasteiger partial charge in [-0.05, 0) is 28.9 Å². The van der Waals surface area contributed by atoms with E-state index in [9.17, 15) is 0 Å². The highest BCUT2D eigenvalue weighted by molar-refractivity contribution is 9.10. The van der Waals surface area contributed by atoms with Gasteiger partial charge in [-0.1, -0.05) is 6.07 Å². The summed E-state index contributed by atoms with van der Waals surface area (Å²) < 4.78 is 2.98. The first-order valence-corrected chi connectivity index (χ1v) is 5.14. The van der Waals surface area contributed by atoms with Gasteiger partial charge in [-0.25, -0.2) is 9.97 Å². The van der Waals surface area contributed by atoms with E-state index >= 15 is 0 Å². The van der Waals surface area contributed by atoms with E-state index in [0.29, 0.717) is 0 Å². The standard InChI is InChI=1S/C10H10BrN3/c1-8-12-5-6-14(8)7-9-3-2-4-13-10(9)11/h2-6H,7H2,1H3. The number of nitrogens with zero attached hydrogens (tertiary/aromatic N) is 3. The first-order chi connectivity index (χ1) is 6.77. The molecule has 2 rings (SSSR count). The lowest BCUT2D eigenvalue weighted by Gasteiger charge is -2.05. The summed E-state index contributed by atoms with van der Waals surface area (Å²) in [6.45, 7) is 2.80. The Morgan fingerprint density at radius 3 is 2.86 bits per heavy atom. The summed E-state index contributed by atoms with van der Waals surface area (Å²) in [5.41, 5.74) is 1.16. The van der Waals surface area contributed by atoms with Crippen LogP contribution in [0.15, 0.2) is 35.3 Å². The van der Waals surface area contributed by atoms with E-state index in [1.54, 1.807) is 12.4 Å². The van der Waals surface area contributed by atoms with Crippen molar-refractivity contribution in [3.63, 3.8) is 0 Å². The summed E-state index contributed by atoms with van der Waals surface area (Å²) in [7, 11) is 0. The molecule has 0 radical (unpaired) electrons. The lowest BCUT2D eigenvalue weighted by molar-refractivity contribution is 0.755. The molecule has 0 aliphatic rings. The first kappa shape index (κ1) is 9.40. The molecule has 2 heterocycles. The molecule has 0 spiro atoms. The van der Waals surface area contributed by atoms with Crippen molar-refractivity contribution in [3.05, 3.63) is 46.7 Å². The molecule has 3 nitrogen and oxygen atoms in total. The van der Waals surface area contributed by atoms with Crippen LogP contribution in [0.5, 0.6) is 0 Å². The molecule has 0 saturated carbocycles. The minimum Gasteiger partial charge on any atom is -0.331 e. The van der Waals surface area contributed by atoms with E-state index in [1.807, 2.05) is 19.2 Å². The molecule has 0 aliphatic carbocycles. The topological polar surface area (TPSA) is 30.7 Å². The highest BCUT2D eigenvalue weighted by Gasteiger charge is 2.02. The number of pyridine rings is 1. The smallest absolute Gasteiger partial charge is 0.111 e. The highest BCUT2D eigenvalue weighted by Crippen LogP contribution is 2.14. The van der Waals surface area contributed by atoms with Crippen molar-refractivity contribution in [1.29, 1.82) is 0 Å². The molecule has 0 unspecified atom stereocenters. The third kappa shape index (κ3) is 1.85. The Labute approximate surface area is 90.9 Å². The summed E-state index contributed by atoms with van der Waals surface area (Å²) in [6.07, 6.45) is 5.54. The molecule has 0 aliphatic heterocycles. The Kier molecular flexibility index (Phi) is 2.63. The average molecular weight is 252 g/mol. The number of aryl methyl sites for hydroxylation is 1. The van der Waals surface area contributed by atoms with Crippen LogP contribution in [0.4, 0.5) is 0 Å². The quantitative estimate of drug-likeness (QED) is 0.768. The number of rotatable bonds is 2. The van der Waals surface area contributed by atoms with Gasteiger partial charge in [0, 0.05) is 24.2 Å². The predicted octanol–water partition coefficient (Wildman–Crippen LogP) is 2.40. The minimum atomic E-state index is 0.806. The Morgan fingerprint density at radius 2 is 2.21 bits per heavy atom. The Balaban J connectivity index is 2.28. The van der Waals surface area contributed by atoms with Crippen LogP contribution in [-0.2, 0) is 6.54 Å². The number of halogens is 1. The highest BCUT2D eigenvalue weighted by atomic mass is 79.9. The lowest BCUT2D eigenvalue weighted by Crippen LogP contribution is -2.01. The zero-order valence-electron chi connectivity index (χ0n) is 7.81. The van der Waals surface area contributed by atoms with Gasteiger partial charge < -0.3 is 4.57 Å². The van der Waals surface area contributed by atoms with E-state index in [2.05, 4.69) is 36.5 Å². The van der Waals surface area contributed by atoms with E-state index in [0.717, 1.165) is 22.5 Å². The van der Waals surface area contributed by atoms with Crippen LogP contribution in [0.2, 0.25) is 0 Å². The summed E-state index contributed by atoms with van der Waals surface area (Å²) >= 11 is 3.42. The van der Waals surface area contributed by atoms with Crippen LogP contribution in [-0.4, -0.2) is 14.5 Å². The van der Waals surface area contributed by atoms with Gasteiger partial charge in [0.05, 0.1) is 6.54 Å². The maximum atomic E-state index is 4.17. The van der Waals surface area contributed by atoms with Crippen LogP contribution < -0.4 is 0 Å². The lowest BCUT2D eigenvalue weighted by atomic mass is 10.3. The molecule has 0 aromatic carbocycles. The van der Waals surface area contributed by atoms with Crippen LogP contribution in [0.1, 0.15) is 11.4 Å². The van der Waals surface area contributed by atoms with Crippen molar-refractivity contribution in [2.75, 3.05) is 0 Å². The third-order valence-electron chi connectivity index (χ3n) is 2.10. The fourth-order valence-corrected chi connectivity index (χ4v) is 1.67. The number of aromatic nitrogens is 3. The van der Waals surface area contributed by atoms with Gasteiger partial charge in [-0.3, -0.25) is 0 Å². The predicted molar refractivity (Wildman–Crippen MR) is 58.0 cm³/mol. The second kappa shape index (κ2) is 3.92. The third-order valence-corrected chi connectivity index (χ3v) is 2.81. The maximum absolute atomic E-state index is 4.17. The molecule has 4 heteroatoms. The second-order valence-corrected chi connectivity index (χ2v) is 3.81. The molecule has 14 heavy (non-hydrogen) atoms. The SMILES string of the molecule is Cc1nccn1Cc1cccnc1Br. The molecule has 0 bridgehead atoms. The van der Waals surface area contributed by atoms with E-state index in [1.165, 1.54) is 0 Å². The zero-order chi connectivity index (χ0) is 9.97. The molecular formula is C10H10BrN3. The number of hydrogen-bond donors (Lipinski definition) is 0. The maximum Gasteiger partial charge on any atom is 0.111 e. The van der Waals surface area contributed by atoms with Gasteiger partial charge in [-0.15, -0.1) is 0 Å². The zero-order valence-corrected chi connectivity index (χ0v) is 9.40. The number of imidazole rings is 1. The normalized spacial score (nSPS) is 10.4. The van der Waals surface area contributed by atoms with Crippen molar-refractivity contribution in [1.82, 2.24) is 14.5 Å². The molecule has 0 fully saturated rings. The molecule has 0 atom stereocenters. The van der Waals surface area contributed by atoms with Crippen LogP contribution in [0.3, 0.4) is 0 Å². The minimum absolute atomic E-state index is 0.806.